The summed E-state index contributed by atoms with van der Waals surface area (Å²) in [5.41, 5.74) is 13.1. The van der Waals surface area contributed by atoms with Crippen molar-refractivity contribution < 1.29 is 4.92 Å². The van der Waals surface area contributed by atoms with Crippen LogP contribution in [0.2, 0.25) is 0 Å². The highest BCUT2D eigenvalue weighted by molar-refractivity contribution is 5.75. The van der Waals surface area contributed by atoms with Gasteiger partial charge < -0.3 is 5.73 Å². The number of pyridine rings is 2. The molecule has 0 bridgehead atoms. The number of nitrogens with zero attached hydrogens (tertiary/aromatic N) is 3. The number of nitro groups is 1. The lowest BCUT2D eigenvalue weighted by atomic mass is 9.86. The van der Waals surface area contributed by atoms with Crippen molar-refractivity contribution in [3.05, 3.63) is 107 Å². The summed E-state index contributed by atoms with van der Waals surface area (Å²) in [6, 6.07) is 20.0. The molecule has 38 heavy (non-hydrogen) atoms. The van der Waals surface area contributed by atoms with Crippen LogP contribution in [0.15, 0.2) is 85.5 Å². The van der Waals surface area contributed by atoms with Gasteiger partial charge in [-0.3, -0.25) is 20.1 Å². The van der Waals surface area contributed by atoms with E-state index in [2.05, 4.69) is 75.8 Å². The van der Waals surface area contributed by atoms with E-state index in [4.69, 9.17) is 5.73 Å². The van der Waals surface area contributed by atoms with Gasteiger partial charge in [0.15, 0.2) is 0 Å². The van der Waals surface area contributed by atoms with Crippen LogP contribution in [0.25, 0.3) is 22.3 Å². The van der Waals surface area contributed by atoms with Crippen molar-refractivity contribution in [3.8, 4) is 22.3 Å². The third-order valence-corrected chi connectivity index (χ3v) is 5.97. The van der Waals surface area contributed by atoms with Crippen molar-refractivity contribution in [2.45, 2.75) is 66.2 Å². The van der Waals surface area contributed by atoms with Crippen LogP contribution in [0.3, 0.4) is 0 Å². The minimum Gasteiger partial charge on any atom is -0.397 e. The molecule has 4 aromatic rings. The van der Waals surface area contributed by atoms with Gasteiger partial charge in [0.1, 0.15) is 6.20 Å². The summed E-state index contributed by atoms with van der Waals surface area (Å²) in [5.74, 6) is 0. The molecule has 4 rings (SSSR count). The molecule has 6 heteroatoms. The van der Waals surface area contributed by atoms with Crippen molar-refractivity contribution >= 4 is 11.4 Å². The number of anilines is 1. The summed E-state index contributed by atoms with van der Waals surface area (Å²) < 4.78 is 0. The predicted octanol–water partition coefficient (Wildman–Crippen LogP) is 8.61. The number of hydrogen-bond acceptors (Lipinski definition) is 5. The van der Waals surface area contributed by atoms with Crippen LogP contribution in [-0.2, 0) is 10.8 Å². The maximum Gasteiger partial charge on any atom is 0.295 e. The Hall–Kier alpha value is -4.06. The first kappa shape index (κ1) is 30.2. The average molecular weight is 513 g/mol. The van der Waals surface area contributed by atoms with E-state index >= 15 is 0 Å². The van der Waals surface area contributed by atoms with Crippen molar-refractivity contribution in [1.82, 2.24) is 9.97 Å². The third-order valence-electron chi connectivity index (χ3n) is 5.97. The molecule has 2 N–H and O–H groups in total. The Morgan fingerprint density at radius 1 is 0.658 bits per heavy atom. The van der Waals surface area contributed by atoms with Gasteiger partial charge in [0.2, 0.25) is 0 Å². The Kier molecular flexibility index (Phi) is 10.3. The zero-order valence-electron chi connectivity index (χ0n) is 23.8. The first-order valence-electron chi connectivity index (χ1n) is 12.9. The smallest absolute Gasteiger partial charge is 0.295 e. The van der Waals surface area contributed by atoms with E-state index in [0.717, 1.165) is 22.4 Å². The molecule has 0 aliphatic carbocycles. The Morgan fingerprint density at radius 2 is 1.05 bits per heavy atom. The molecule has 6 nitrogen and oxygen atoms in total. The van der Waals surface area contributed by atoms with Crippen LogP contribution >= 0.6 is 0 Å². The number of benzene rings is 2. The molecule has 0 aliphatic heterocycles. The number of hydrogen-bond donors (Lipinski definition) is 1. The van der Waals surface area contributed by atoms with Gasteiger partial charge >= 0.3 is 0 Å². The molecule has 0 saturated heterocycles. The summed E-state index contributed by atoms with van der Waals surface area (Å²) in [4.78, 5) is 18.4. The van der Waals surface area contributed by atoms with Gasteiger partial charge in [0.25, 0.3) is 5.69 Å². The van der Waals surface area contributed by atoms with Crippen LogP contribution in [0, 0.1) is 10.1 Å². The van der Waals surface area contributed by atoms with Crippen molar-refractivity contribution in [2.24, 2.45) is 0 Å². The Balaban J connectivity index is 0.000000252. The largest absolute Gasteiger partial charge is 0.397 e. The van der Waals surface area contributed by atoms with E-state index in [1.54, 1.807) is 24.7 Å². The molecule has 0 atom stereocenters. The summed E-state index contributed by atoms with van der Waals surface area (Å²) in [5, 5.41) is 11.0. The lowest BCUT2D eigenvalue weighted by molar-refractivity contribution is -0.384. The Morgan fingerprint density at radius 3 is 1.45 bits per heavy atom. The lowest BCUT2D eigenvalue weighted by Gasteiger charge is -2.19. The molecular formula is C32H40N4O2. The molecule has 0 radical (unpaired) electrons. The van der Waals surface area contributed by atoms with E-state index in [-0.39, 0.29) is 16.5 Å². The molecule has 0 aliphatic rings. The fourth-order valence-electron chi connectivity index (χ4n) is 3.74. The zero-order chi connectivity index (χ0) is 28.5. The summed E-state index contributed by atoms with van der Waals surface area (Å²) >= 11 is 0. The normalized spacial score (nSPS) is 10.9. The molecular weight excluding hydrogens is 472 g/mol. The number of nitrogens with two attached hydrogens (primary N) is 1. The second kappa shape index (κ2) is 13.0. The van der Waals surface area contributed by atoms with Crippen LogP contribution < -0.4 is 5.73 Å². The predicted molar refractivity (Wildman–Crippen MR) is 159 cm³/mol. The van der Waals surface area contributed by atoms with E-state index in [1.807, 2.05) is 44.2 Å². The molecule has 2 heterocycles. The highest BCUT2D eigenvalue weighted by atomic mass is 16.6. The Labute approximate surface area is 227 Å². The summed E-state index contributed by atoms with van der Waals surface area (Å²) in [6.07, 6.45) is 6.31. The van der Waals surface area contributed by atoms with Crippen LogP contribution in [-0.4, -0.2) is 14.9 Å². The van der Waals surface area contributed by atoms with E-state index < -0.39 is 4.92 Å². The van der Waals surface area contributed by atoms with E-state index in [1.165, 1.54) is 17.3 Å². The van der Waals surface area contributed by atoms with Crippen LogP contribution in [0.5, 0.6) is 0 Å². The fourth-order valence-corrected chi connectivity index (χ4v) is 3.74. The fraction of sp³-hybridized carbons (Fsp3) is 0.312. The van der Waals surface area contributed by atoms with Gasteiger partial charge in [-0.1, -0.05) is 104 Å². The third kappa shape index (κ3) is 7.97. The monoisotopic (exact) mass is 512 g/mol. The highest BCUT2D eigenvalue weighted by Crippen LogP contribution is 2.31. The molecule has 0 unspecified atom stereocenters. The molecule has 200 valence electrons. The van der Waals surface area contributed by atoms with Gasteiger partial charge in [0.05, 0.1) is 22.4 Å². The topological polar surface area (TPSA) is 94.9 Å². The SMILES string of the molecule is CC.CC(C)(C)c1ccc(-c2ccncc2N)cc1.CC(C)(C)c1ccc(-c2ccncc2[N+](=O)[O-])cc1. The highest BCUT2D eigenvalue weighted by Gasteiger charge is 2.17. The first-order chi connectivity index (χ1) is 17.9. The van der Waals surface area contributed by atoms with Gasteiger partial charge in [-0.25, -0.2) is 0 Å². The second-order valence-corrected chi connectivity index (χ2v) is 10.8. The molecule has 0 amide bonds. The standard InChI is InChI=1S/C15H16N2O2.C15H18N2.C2H6/c1-15(2,3)12-6-4-11(5-7-12)13-8-9-16-10-14(13)17(18)19;1-15(2,3)12-6-4-11(5-7-12)13-8-9-17-10-14(13)16;1-2/h4-10H,1-3H3;4-10H,16H2,1-3H3;1-2H3. The van der Waals surface area contributed by atoms with Crippen molar-refractivity contribution in [3.63, 3.8) is 0 Å². The average Bonchev–Trinajstić information content (AvgIpc) is 2.90. The minimum atomic E-state index is -0.403. The number of rotatable bonds is 3. The molecule has 0 spiro atoms. The molecule has 0 saturated carbocycles. The van der Waals surface area contributed by atoms with Crippen molar-refractivity contribution in [2.75, 3.05) is 5.73 Å². The number of nitrogen functional groups attached to an aromatic ring is 1. The van der Waals surface area contributed by atoms with E-state index in [0.29, 0.717) is 5.56 Å². The maximum atomic E-state index is 11.0. The minimum absolute atomic E-state index is 0.0333. The molecule has 2 aromatic heterocycles. The zero-order valence-corrected chi connectivity index (χ0v) is 23.8. The molecule has 0 fully saturated rings. The quantitative estimate of drug-likeness (QED) is 0.219. The van der Waals surface area contributed by atoms with Crippen molar-refractivity contribution in [1.29, 1.82) is 0 Å². The second-order valence-electron chi connectivity index (χ2n) is 10.8. The lowest BCUT2D eigenvalue weighted by Crippen LogP contribution is -2.10. The molecule has 2 aromatic carbocycles. The summed E-state index contributed by atoms with van der Waals surface area (Å²) in [7, 11) is 0. The van der Waals surface area contributed by atoms with Crippen LogP contribution in [0.1, 0.15) is 66.5 Å². The number of aromatic nitrogens is 2. The first-order valence-corrected chi connectivity index (χ1v) is 12.9. The summed E-state index contributed by atoms with van der Waals surface area (Å²) in [6.45, 7) is 17.0. The van der Waals surface area contributed by atoms with Gasteiger partial charge in [-0.2, -0.15) is 0 Å². The van der Waals surface area contributed by atoms with Crippen LogP contribution in [0.4, 0.5) is 11.4 Å². The Bertz CT molecular complexity index is 1320. The van der Waals surface area contributed by atoms with Gasteiger partial charge in [-0.15, -0.1) is 0 Å². The van der Waals surface area contributed by atoms with Gasteiger partial charge in [0, 0.05) is 18.0 Å². The van der Waals surface area contributed by atoms with E-state index in [9.17, 15) is 10.1 Å². The van der Waals surface area contributed by atoms with Gasteiger partial charge in [-0.05, 0) is 45.2 Å². The maximum absolute atomic E-state index is 11.0.